The normalized spacial score (nSPS) is 18.5. The standard InChI is InChI=1S/C18H22N4/c19-18(21-16-7-3-1-4-8-16)20-13-15-11-12-22(14-15)17-9-5-2-6-10-17/h1-10,15H,11-14H2,(H3,19,20,21). The maximum absolute atomic E-state index is 5.95. The van der Waals surface area contributed by atoms with E-state index >= 15 is 0 Å². The largest absolute Gasteiger partial charge is 0.371 e. The van der Waals surface area contributed by atoms with E-state index in [-0.39, 0.29) is 0 Å². The molecule has 1 heterocycles. The van der Waals surface area contributed by atoms with E-state index in [1.54, 1.807) is 0 Å². The third-order valence-corrected chi connectivity index (χ3v) is 3.97. The lowest BCUT2D eigenvalue weighted by Crippen LogP contribution is -2.24. The van der Waals surface area contributed by atoms with Gasteiger partial charge in [0.1, 0.15) is 0 Å². The molecule has 0 aromatic heterocycles. The molecule has 4 heteroatoms. The molecule has 3 rings (SSSR count). The number of nitrogens with two attached hydrogens (primary N) is 1. The second-order valence-electron chi connectivity index (χ2n) is 5.65. The molecular weight excluding hydrogens is 272 g/mol. The number of guanidine groups is 1. The number of nitrogens with zero attached hydrogens (tertiary/aromatic N) is 2. The van der Waals surface area contributed by atoms with Crippen LogP contribution >= 0.6 is 0 Å². The fraction of sp³-hybridized carbons (Fsp3) is 0.278. The lowest BCUT2D eigenvalue weighted by Gasteiger charge is -2.18. The Morgan fingerprint density at radius 2 is 1.77 bits per heavy atom. The Hall–Kier alpha value is -2.49. The fourth-order valence-corrected chi connectivity index (χ4v) is 2.79. The molecule has 0 bridgehead atoms. The topological polar surface area (TPSA) is 53.6 Å². The van der Waals surface area contributed by atoms with Gasteiger partial charge in [-0.1, -0.05) is 36.4 Å². The van der Waals surface area contributed by atoms with E-state index in [9.17, 15) is 0 Å². The van der Waals surface area contributed by atoms with Crippen LogP contribution in [-0.4, -0.2) is 25.6 Å². The van der Waals surface area contributed by atoms with Crippen molar-refractivity contribution in [2.45, 2.75) is 6.42 Å². The number of para-hydroxylation sites is 2. The van der Waals surface area contributed by atoms with E-state index < -0.39 is 0 Å². The fourth-order valence-electron chi connectivity index (χ4n) is 2.79. The van der Waals surface area contributed by atoms with Crippen LogP contribution < -0.4 is 16.0 Å². The first-order valence-electron chi connectivity index (χ1n) is 7.73. The molecular formula is C18H22N4. The summed E-state index contributed by atoms with van der Waals surface area (Å²) >= 11 is 0. The van der Waals surface area contributed by atoms with Crippen molar-refractivity contribution >= 4 is 17.3 Å². The second-order valence-corrected chi connectivity index (χ2v) is 5.65. The van der Waals surface area contributed by atoms with Gasteiger partial charge in [-0.15, -0.1) is 0 Å². The van der Waals surface area contributed by atoms with Crippen LogP contribution in [0.25, 0.3) is 0 Å². The summed E-state index contributed by atoms with van der Waals surface area (Å²) in [5.41, 5.74) is 8.22. The van der Waals surface area contributed by atoms with E-state index in [2.05, 4.69) is 45.5 Å². The Morgan fingerprint density at radius 3 is 2.50 bits per heavy atom. The first kappa shape index (κ1) is 14.4. The molecule has 4 nitrogen and oxygen atoms in total. The molecule has 0 spiro atoms. The van der Waals surface area contributed by atoms with Gasteiger partial charge in [-0.3, -0.25) is 4.99 Å². The number of anilines is 2. The van der Waals surface area contributed by atoms with Gasteiger partial charge in [0.2, 0.25) is 0 Å². The smallest absolute Gasteiger partial charge is 0.193 e. The van der Waals surface area contributed by atoms with Crippen LogP contribution in [0.15, 0.2) is 65.7 Å². The molecule has 1 fully saturated rings. The SMILES string of the molecule is NC(=NCC1CCN(c2ccccc2)C1)Nc1ccccc1. The molecule has 2 aromatic carbocycles. The van der Waals surface area contributed by atoms with Crippen molar-refractivity contribution in [2.24, 2.45) is 16.6 Å². The number of hydrogen-bond donors (Lipinski definition) is 2. The molecule has 1 aliphatic heterocycles. The summed E-state index contributed by atoms with van der Waals surface area (Å²) in [7, 11) is 0. The van der Waals surface area contributed by atoms with Gasteiger partial charge in [-0.25, -0.2) is 0 Å². The summed E-state index contributed by atoms with van der Waals surface area (Å²) in [5, 5.41) is 3.12. The molecule has 2 aromatic rings. The minimum atomic E-state index is 0.490. The molecule has 114 valence electrons. The molecule has 0 saturated carbocycles. The average Bonchev–Trinajstić information content (AvgIpc) is 3.04. The molecule has 1 unspecified atom stereocenters. The summed E-state index contributed by atoms with van der Waals surface area (Å²) in [5.74, 6) is 1.06. The van der Waals surface area contributed by atoms with Crippen LogP contribution in [-0.2, 0) is 0 Å². The van der Waals surface area contributed by atoms with Gasteiger partial charge in [0.05, 0.1) is 0 Å². The highest BCUT2D eigenvalue weighted by molar-refractivity contribution is 5.92. The summed E-state index contributed by atoms with van der Waals surface area (Å²) in [6.07, 6.45) is 1.16. The summed E-state index contributed by atoms with van der Waals surface area (Å²) in [4.78, 5) is 6.90. The molecule has 1 atom stereocenters. The second kappa shape index (κ2) is 6.98. The highest BCUT2D eigenvalue weighted by Crippen LogP contribution is 2.23. The summed E-state index contributed by atoms with van der Waals surface area (Å²) in [6.45, 7) is 2.91. The highest BCUT2D eigenvalue weighted by Gasteiger charge is 2.22. The van der Waals surface area contributed by atoms with Crippen LogP contribution in [0.4, 0.5) is 11.4 Å². The van der Waals surface area contributed by atoms with Crippen molar-refractivity contribution in [3.8, 4) is 0 Å². The third-order valence-electron chi connectivity index (χ3n) is 3.97. The van der Waals surface area contributed by atoms with E-state index in [0.29, 0.717) is 11.9 Å². The lowest BCUT2D eigenvalue weighted by molar-refractivity contribution is 0.603. The van der Waals surface area contributed by atoms with E-state index in [1.807, 2.05) is 30.3 Å². The van der Waals surface area contributed by atoms with Crippen LogP contribution in [0.2, 0.25) is 0 Å². The van der Waals surface area contributed by atoms with E-state index in [0.717, 1.165) is 31.7 Å². The van der Waals surface area contributed by atoms with E-state index in [1.165, 1.54) is 5.69 Å². The zero-order valence-electron chi connectivity index (χ0n) is 12.7. The Balaban J connectivity index is 1.51. The minimum absolute atomic E-state index is 0.490. The molecule has 0 amide bonds. The van der Waals surface area contributed by atoms with Crippen LogP contribution in [0.5, 0.6) is 0 Å². The molecule has 3 N–H and O–H groups in total. The predicted molar refractivity (Wildman–Crippen MR) is 93.3 cm³/mol. The van der Waals surface area contributed by atoms with Gasteiger partial charge in [0.25, 0.3) is 0 Å². The quantitative estimate of drug-likeness (QED) is 0.673. The average molecular weight is 294 g/mol. The van der Waals surface area contributed by atoms with Crippen molar-refractivity contribution in [3.63, 3.8) is 0 Å². The predicted octanol–water partition coefficient (Wildman–Crippen LogP) is 2.94. The first-order valence-corrected chi connectivity index (χ1v) is 7.73. The van der Waals surface area contributed by atoms with Crippen LogP contribution in [0.3, 0.4) is 0 Å². The Labute approximate surface area is 131 Å². The summed E-state index contributed by atoms with van der Waals surface area (Å²) in [6, 6.07) is 20.4. The van der Waals surface area contributed by atoms with Gasteiger partial charge in [-0.05, 0) is 36.6 Å². The number of rotatable bonds is 4. The Kier molecular flexibility index (Phi) is 4.59. The van der Waals surface area contributed by atoms with Gasteiger partial charge in [-0.2, -0.15) is 0 Å². The van der Waals surface area contributed by atoms with Crippen molar-refractivity contribution in [3.05, 3.63) is 60.7 Å². The molecule has 0 aliphatic carbocycles. The zero-order valence-corrected chi connectivity index (χ0v) is 12.7. The summed E-state index contributed by atoms with van der Waals surface area (Å²) < 4.78 is 0. The molecule has 0 radical (unpaired) electrons. The Morgan fingerprint density at radius 1 is 1.09 bits per heavy atom. The number of benzene rings is 2. The van der Waals surface area contributed by atoms with Gasteiger partial charge >= 0.3 is 0 Å². The first-order chi connectivity index (χ1) is 10.8. The van der Waals surface area contributed by atoms with Crippen molar-refractivity contribution in [1.29, 1.82) is 0 Å². The number of hydrogen-bond acceptors (Lipinski definition) is 2. The van der Waals surface area contributed by atoms with Crippen LogP contribution in [0, 0.1) is 5.92 Å². The maximum Gasteiger partial charge on any atom is 0.193 e. The van der Waals surface area contributed by atoms with Gasteiger partial charge in [0, 0.05) is 31.0 Å². The van der Waals surface area contributed by atoms with Crippen molar-refractivity contribution < 1.29 is 0 Å². The van der Waals surface area contributed by atoms with Crippen molar-refractivity contribution in [2.75, 3.05) is 29.9 Å². The molecule has 1 aliphatic rings. The lowest BCUT2D eigenvalue weighted by atomic mass is 10.1. The maximum atomic E-state index is 5.95. The minimum Gasteiger partial charge on any atom is -0.371 e. The third kappa shape index (κ3) is 3.79. The van der Waals surface area contributed by atoms with Gasteiger partial charge in [0.15, 0.2) is 5.96 Å². The van der Waals surface area contributed by atoms with Crippen molar-refractivity contribution in [1.82, 2.24) is 0 Å². The highest BCUT2D eigenvalue weighted by atomic mass is 15.2. The number of nitrogens with one attached hydrogen (secondary N) is 1. The monoisotopic (exact) mass is 294 g/mol. The zero-order chi connectivity index (χ0) is 15.2. The molecule has 22 heavy (non-hydrogen) atoms. The van der Waals surface area contributed by atoms with Crippen LogP contribution in [0.1, 0.15) is 6.42 Å². The molecule has 1 saturated heterocycles. The van der Waals surface area contributed by atoms with Gasteiger partial charge < -0.3 is 16.0 Å². The Bertz CT molecular complexity index is 609. The number of aliphatic imine (C=N–C) groups is 1. The van der Waals surface area contributed by atoms with E-state index in [4.69, 9.17) is 5.73 Å².